The zero-order chi connectivity index (χ0) is 63.7. The Bertz CT molecular complexity index is 4500. The molecule has 12 rings (SSSR count). The van der Waals surface area contributed by atoms with E-state index in [2.05, 4.69) is 59.7 Å². The number of carbonyl (C=O) groups is 2. The van der Waals surface area contributed by atoms with E-state index < -0.39 is 30.1 Å². The number of hydrogen-bond donors (Lipinski definition) is 6. The summed E-state index contributed by atoms with van der Waals surface area (Å²) in [6.07, 6.45) is 0. The topological polar surface area (TPSA) is 222 Å². The summed E-state index contributed by atoms with van der Waals surface area (Å²) in [4.78, 5) is 34.2. The molecule has 18 nitrogen and oxygen atoms in total. The van der Waals surface area contributed by atoms with Crippen molar-refractivity contribution in [2.24, 2.45) is 0 Å². The van der Waals surface area contributed by atoms with Crippen LogP contribution in [-0.2, 0) is 46.2 Å². The van der Waals surface area contributed by atoms with Gasteiger partial charge in [-0.3, -0.25) is 28.2 Å². The van der Waals surface area contributed by atoms with Gasteiger partial charge in [-0.2, -0.15) is 0 Å². The predicted molar refractivity (Wildman–Crippen MR) is 364 cm³/mol. The maximum Gasteiger partial charge on any atom is 0.264 e. The summed E-state index contributed by atoms with van der Waals surface area (Å²) in [6, 6.07) is 68.8. The molecule has 0 spiro atoms. The summed E-state index contributed by atoms with van der Waals surface area (Å²) in [5, 5.41) is 12.7. The molecule has 0 aliphatic carbocycles. The summed E-state index contributed by atoms with van der Waals surface area (Å²) in [5.74, 6) is -0.615. The van der Waals surface area contributed by atoms with Crippen LogP contribution in [-0.4, -0.2) is 112 Å². The molecule has 3 heterocycles. The van der Waals surface area contributed by atoms with Crippen LogP contribution < -0.4 is 35.0 Å². The molecule has 1 fully saturated rings. The van der Waals surface area contributed by atoms with E-state index in [9.17, 15) is 34.8 Å². The fraction of sp³-hybridized carbons (Fsp3) is 0.143. The summed E-state index contributed by atoms with van der Waals surface area (Å²) >= 11 is 0. The average Bonchev–Trinajstić information content (AvgIpc) is 1.70. The summed E-state index contributed by atoms with van der Waals surface area (Å²) in [5.41, 5.74) is 9.61. The van der Waals surface area contributed by atoms with Gasteiger partial charge in [0.15, 0.2) is 0 Å². The minimum atomic E-state index is -3.87. The molecule has 0 saturated carbocycles. The van der Waals surface area contributed by atoms with Crippen LogP contribution in [0.4, 0.5) is 39.8 Å². The average molecular weight is 1270 g/mol. The molecule has 3 aliphatic heterocycles. The van der Waals surface area contributed by atoms with Gasteiger partial charge in [-0.05, 0) is 147 Å². The molecule has 1 saturated heterocycles. The van der Waals surface area contributed by atoms with E-state index >= 15 is 0 Å². The second kappa shape index (κ2) is 27.5. The molecule has 9 aromatic rings. The van der Waals surface area contributed by atoms with Gasteiger partial charge < -0.3 is 31.1 Å². The van der Waals surface area contributed by atoms with E-state index in [1.807, 2.05) is 91.8 Å². The first-order valence-electron chi connectivity index (χ1n) is 29.4. The SMILES string of the molecule is CN(C)CCN(c1ccc(NC(=C2C(=O)Nc3ccc(NS(=O)(=O)c4ccccc4)cc32)c2ccccc2)cc1)S(=O)(=O)c1ccccc1.CN1CCN(Cc2ccc(NC(=C3C(=O)Nc4ccc(NS(=O)(=O)c5ccccc5)cc43)c3ccccc3)cc2)CC1. The van der Waals surface area contributed by atoms with Gasteiger partial charge in [-0.25, -0.2) is 25.3 Å². The van der Waals surface area contributed by atoms with Gasteiger partial charge in [0.1, 0.15) is 0 Å². The second-order valence-corrected chi connectivity index (χ2v) is 27.5. The van der Waals surface area contributed by atoms with Gasteiger partial charge in [-0.15, -0.1) is 0 Å². The quantitative estimate of drug-likeness (QED) is 0.0392. The lowest BCUT2D eigenvalue weighted by atomic mass is 9.99. The van der Waals surface area contributed by atoms with E-state index in [0.717, 1.165) is 49.5 Å². The molecule has 0 aromatic heterocycles. The van der Waals surface area contributed by atoms with Gasteiger partial charge in [0.25, 0.3) is 41.9 Å². The lowest BCUT2D eigenvalue weighted by Crippen LogP contribution is -2.43. The highest BCUT2D eigenvalue weighted by Gasteiger charge is 2.32. The third-order valence-electron chi connectivity index (χ3n) is 15.5. The summed E-state index contributed by atoms with van der Waals surface area (Å²) in [7, 11) is -5.57. The molecule has 0 radical (unpaired) electrons. The lowest BCUT2D eigenvalue weighted by Gasteiger charge is -2.32. The summed E-state index contributed by atoms with van der Waals surface area (Å²) < 4.78 is 86.2. The molecule has 91 heavy (non-hydrogen) atoms. The highest BCUT2D eigenvalue weighted by atomic mass is 32.2. The number of anilines is 7. The van der Waals surface area contributed by atoms with Crippen LogP contribution in [0.1, 0.15) is 27.8 Å². The first-order valence-corrected chi connectivity index (χ1v) is 33.8. The van der Waals surface area contributed by atoms with Crippen molar-refractivity contribution in [3.63, 3.8) is 0 Å². The number of amides is 2. The van der Waals surface area contributed by atoms with Crippen LogP contribution in [0.2, 0.25) is 0 Å². The van der Waals surface area contributed by atoms with Crippen molar-refractivity contribution in [3.05, 3.63) is 264 Å². The Labute approximate surface area is 531 Å². The molecule has 9 aromatic carbocycles. The van der Waals surface area contributed by atoms with Crippen LogP contribution >= 0.6 is 0 Å². The van der Waals surface area contributed by atoms with Gasteiger partial charge in [0.05, 0.1) is 42.9 Å². The van der Waals surface area contributed by atoms with E-state index in [4.69, 9.17) is 0 Å². The number of piperazine rings is 1. The Morgan fingerprint density at radius 1 is 0.451 bits per heavy atom. The minimum absolute atomic E-state index is 0.118. The Morgan fingerprint density at radius 3 is 1.25 bits per heavy atom. The number of likely N-dealkylation sites (N-methyl/N-ethyl adjacent to an activating group) is 2. The number of rotatable bonds is 20. The van der Waals surface area contributed by atoms with Crippen molar-refractivity contribution in [2.45, 2.75) is 21.2 Å². The number of nitrogens with one attached hydrogen (secondary N) is 6. The van der Waals surface area contributed by atoms with Crippen molar-refractivity contribution in [1.29, 1.82) is 0 Å². The van der Waals surface area contributed by atoms with Crippen LogP contribution in [0.5, 0.6) is 0 Å². The second-order valence-electron chi connectivity index (χ2n) is 22.3. The number of carbonyl (C=O) groups excluding carboxylic acids is 2. The van der Waals surface area contributed by atoms with Crippen molar-refractivity contribution < 1.29 is 34.8 Å². The van der Waals surface area contributed by atoms with E-state index in [-0.39, 0.29) is 33.0 Å². The van der Waals surface area contributed by atoms with E-state index in [0.29, 0.717) is 74.3 Å². The number of sulfonamides is 3. The molecule has 0 unspecified atom stereocenters. The molecule has 464 valence electrons. The molecule has 21 heteroatoms. The lowest BCUT2D eigenvalue weighted by molar-refractivity contribution is -0.111. The highest BCUT2D eigenvalue weighted by molar-refractivity contribution is 7.93. The molecular formula is C70H68N10O8S3. The van der Waals surface area contributed by atoms with Crippen LogP contribution in [0.25, 0.3) is 22.5 Å². The number of nitrogens with zero attached hydrogens (tertiary/aromatic N) is 4. The van der Waals surface area contributed by atoms with Crippen molar-refractivity contribution in [1.82, 2.24) is 14.7 Å². The number of fused-ring (bicyclic) bond motifs is 2. The van der Waals surface area contributed by atoms with Crippen LogP contribution in [0, 0.1) is 0 Å². The third-order valence-corrected chi connectivity index (χ3v) is 20.1. The van der Waals surface area contributed by atoms with Gasteiger partial charge in [0.2, 0.25) is 0 Å². The number of benzene rings is 9. The van der Waals surface area contributed by atoms with Gasteiger partial charge in [0, 0.05) is 91.1 Å². The Hall–Kier alpha value is -9.87. The van der Waals surface area contributed by atoms with Crippen molar-refractivity contribution in [3.8, 4) is 0 Å². The number of hydrogen-bond acceptors (Lipinski definition) is 13. The summed E-state index contributed by atoms with van der Waals surface area (Å²) in [6.45, 7) is 5.91. The van der Waals surface area contributed by atoms with Crippen LogP contribution in [0.3, 0.4) is 0 Å². The van der Waals surface area contributed by atoms with Crippen LogP contribution in [0.15, 0.2) is 251 Å². The van der Waals surface area contributed by atoms with Gasteiger partial charge in [-0.1, -0.05) is 127 Å². The highest BCUT2D eigenvalue weighted by Crippen LogP contribution is 2.42. The monoisotopic (exact) mass is 1270 g/mol. The largest absolute Gasteiger partial charge is 0.354 e. The smallest absolute Gasteiger partial charge is 0.264 e. The maximum atomic E-state index is 13.7. The third kappa shape index (κ3) is 14.9. The van der Waals surface area contributed by atoms with E-state index in [1.54, 1.807) is 140 Å². The Morgan fingerprint density at radius 2 is 0.835 bits per heavy atom. The Kier molecular flexibility index (Phi) is 18.9. The van der Waals surface area contributed by atoms with Crippen molar-refractivity contribution in [2.75, 3.05) is 95.4 Å². The molecule has 0 atom stereocenters. The minimum Gasteiger partial charge on any atom is -0.354 e. The fourth-order valence-corrected chi connectivity index (χ4v) is 14.3. The van der Waals surface area contributed by atoms with E-state index in [1.165, 1.54) is 22.0 Å². The zero-order valence-electron chi connectivity index (χ0n) is 50.2. The molecule has 6 N–H and O–H groups in total. The zero-order valence-corrected chi connectivity index (χ0v) is 52.7. The maximum absolute atomic E-state index is 13.7. The van der Waals surface area contributed by atoms with Gasteiger partial charge >= 0.3 is 0 Å². The Balaban J connectivity index is 0.000000189. The standard InChI is InChI=1S/C37H35N5O5S2.C33H33N5O3S/c1-41(2)24-25-42(49(46,47)32-16-10-5-11-17-32)30-21-18-28(19-22-30)38-36(27-12-6-3-7-13-27)35-33-26-29(20-23-34(33)39-37(35)43)40-48(44,45)31-14-8-4-9-15-31;1-37-18-20-38(21-19-37)23-24-12-14-26(15-13-24)34-32(25-8-4-2-5-9-25)31-29-22-27(16-17-30(29)35-33(31)39)36-42(40,41)28-10-6-3-7-11-28/h3-23,26,38,40H,24-25H2,1-2H3,(H,39,43);2-17,22,34,36H,18-21,23H2,1H3,(H,35,39). The first-order chi connectivity index (χ1) is 43.9. The predicted octanol–water partition coefficient (Wildman–Crippen LogP) is 11.3. The normalized spacial score (nSPS) is 15.3. The fourth-order valence-electron chi connectivity index (χ4n) is 10.7. The molecule has 0 bridgehead atoms. The van der Waals surface area contributed by atoms with Crippen molar-refractivity contribution >= 4 is 104 Å². The first kappa shape index (κ1) is 62.7. The molecule has 3 aliphatic rings. The molecule has 2 amide bonds. The molecular weight excluding hydrogens is 1210 g/mol.